The Hall–Kier alpha value is -2.20. The molecule has 1 aromatic carbocycles. The minimum atomic E-state index is 0.185. The van der Waals surface area contributed by atoms with Crippen molar-refractivity contribution in [2.45, 2.75) is 12.8 Å². The summed E-state index contributed by atoms with van der Waals surface area (Å²) < 4.78 is 5.78. The lowest BCUT2D eigenvalue weighted by atomic mass is 10.2. The Morgan fingerprint density at radius 2 is 2.05 bits per heavy atom. The number of carbonyl (C=O) groups excluding carboxylic acids is 1. The molecule has 0 amide bonds. The molecule has 0 saturated heterocycles. The molecule has 0 radical (unpaired) electrons. The van der Waals surface area contributed by atoms with Crippen molar-refractivity contribution in [1.29, 1.82) is 0 Å². The van der Waals surface area contributed by atoms with Crippen LogP contribution >= 0.6 is 11.3 Å². The van der Waals surface area contributed by atoms with E-state index in [0.29, 0.717) is 19.4 Å². The average Bonchev–Trinajstić information content (AvgIpc) is 3.06. The van der Waals surface area contributed by atoms with Gasteiger partial charge in [0.2, 0.25) is 0 Å². The molecule has 3 nitrogen and oxygen atoms in total. The number of aromatic nitrogens is 1. The standard InChI is InChI=1S/C17H15NO2S/c19-14(16-9-4-12-21-16)7-3-11-20-15-8-1-5-13-6-2-10-18-17(13)15/h1-2,4-6,8-10,12H,3,7,11H2. The summed E-state index contributed by atoms with van der Waals surface area (Å²) >= 11 is 1.49. The van der Waals surface area contributed by atoms with Crippen molar-refractivity contribution in [3.63, 3.8) is 0 Å². The van der Waals surface area contributed by atoms with Gasteiger partial charge in [-0.25, -0.2) is 0 Å². The van der Waals surface area contributed by atoms with Crippen LogP contribution in [0.15, 0.2) is 54.0 Å². The number of para-hydroxylation sites is 1. The first-order valence-corrected chi connectivity index (χ1v) is 7.76. The van der Waals surface area contributed by atoms with Crippen LogP contribution in [0.3, 0.4) is 0 Å². The molecular formula is C17H15NO2S. The van der Waals surface area contributed by atoms with Crippen LogP contribution in [0.2, 0.25) is 0 Å². The van der Waals surface area contributed by atoms with Gasteiger partial charge in [0.1, 0.15) is 11.3 Å². The molecule has 0 unspecified atom stereocenters. The lowest BCUT2D eigenvalue weighted by molar-refractivity contribution is 0.0977. The maximum Gasteiger partial charge on any atom is 0.172 e. The Kier molecular flexibility index (Phi) is 4.26. The van der Waals surface area contributed by atoms with E-state index in [1.54, 1.807) is 6.20 Å². The maximum atomic E-state index is 11.9. The monoisotopic (exact) mass is 297 g/mol. The van der Waals surface area contributed by atoms with Gasteiger partial charge in [0, 0.05) is 18.0 Å². The quantitative estimate of drug-likeness (QED) is 0.502. The summed E-state index contributed by atoms with van der Waals surface area (Å²) in [6.45, 7) is 0.521. The second-order valence-electron chi connectivity index (χ2n) is 4.68. The van der Waals surface area contributed by atoms with Gasteiger partial charge in [-0.3, -0.25) is 9.78 Å². The third-order valence-corrected chi connectivity index (χ3v) is 4.11. The molecule has 0 spiro atoms. The van der Waals surface area contributed by atoms with Crippen LogP contribution < -0.4 is 4.74 Å². The van der Waals surface area contributed by atoms with Crippen LogP contribution in [0.4, 0.5) is 0 Å². The molecule has 0 atom stereocenters. The minimum absolute atomic E-state index is 0.185. The van der Waals surface area contributed by atoms with Crippen LogP contribution in [0.1, 0.15) is 22.5 Å². The van der Waals surface area contributed by atoms with Gasteiger partial charge in [-0.05, 0) is 30.0 Å². The van der Waals surface area contributed by atoms with E-state index >= 15 is 0 Å². The van der Waals surface area contributed by atoms with E-state index in [0.717, 1.165) is 21.5 Å². The summed E-state index contributed by atoms with van der Waals surface area (Å²) in [5.41, 5.74) is 0.865. The van der Waals surface area contributed by atoms with Gasteiger partial charge < -0.3 is 4.74 Å². The Bertz CT molecular complexity index is 732. The highest BCUT2D eigenvalue weighted by Crippen LogP contribution is 2.23. The summed E-state index contributed by atoms with van der Waals surface area (Å²) in [4.78, 5) is 17.0. The molecule has 106 valence electrons. The Balaban J connectivity index is 1.56. The van der Waals surface area contributed by atoms with Crippen molar-refractivity contribution in [2.24, 2.45) is 0 Å². The van der Waals surface area contributed by atoms with Crippen LogP contribution in [0, 0.1) is 0 Å². The molecule has 0 bridgehead atoms. The summed E-state index contributed by atoms with van der Waals surface area (Å²) in [7, 11) is 0. The van der Waals surface area contributed by atoms with Crippen molar-refractivity contribution in [1.82, 2.24) is 4.98 Å². The number of fused-ring (bicyclic) bond motifs is 1. The lowest BCUT2D eigenvalue weighted by Gasteiger charge is -2.08. The van der Waals surface area contributed by atoms with Crippen LogP contribution in [-0.2, 0) is 0 Å². The molecule has 3 aromatic rings. The largest absolute Gasteiger partial charge is 0.491 e. The number of pyridine rings is 1. The number of rotatable bonds is 6. The Morgan fingerprint density at radius 1 is 1.14 bits per heavy atom. The van der Waals surface area contributed by atoms with E-state index < -0.39 is 0 Å². The third kappa shape index (κ3) is 3.28. The topological polar surface area (TPSA) is 39.2 Å². The number of ether oxygens (including phenoxy) is 1. The van der Waals surface area contributed by atoms with E-state index in [1.807, 2.05) is 47.8 Å². The van der Waals surface area contributed by atoms with Gasteiger partial charge in [0.15, 0.2) is 5.78 Å². The van der Waals surface area contributed by atoms with E-state index in [1.165, 1.54) is 11.3 Å². The molecule has 2 aromatic heterocycles. The number of carbonyl (C=O) groups is 1. The van der Waals surface area contributed by atoms with Crippen LogP contribution in [-0.4, -0.2) is 17.4 Å². The van der Waals surface area contributed by atoms with E-state index in [9.17, 15) is 4.79 Å². The SMILES string of the molecule is O=C(CCCOc1cccc2cccnc12)c1cccs1. The number of thiophene rings is 1. The van der Waals surface area contributed by atoms with E-state index in [2.05, 4.69) is 4.98 Å². The van der Waals surface area contributed by atoms with Gasteiger partial charge in [0.25, 0.3) is 0 Å². The molecule has 3 rings (SSSR count). The predicted octanol–water partition coefficient (Wildman–Crippen LogP) is 4.34. The van der Waals surface area contributed by atoms with Gasteiger partial charge in [-0.2, -0.15) is 0 Å². The predicted molar refractivity (Wildman–Crippen MR) is 85.1 cm³/mol. The van der Waals surface area contributed by atoms with Crippen molar-refractivity contribution < 1.29 is 9.53 Å². The van der Waals surface area contributed by atoms with Gasteiger partial charge >= 0.3 is 0 Å². The first-order chi connectivity index (χ1) is 10.3. The number of hydrogen-bond acceptors (Lipinski definition) is 4. The smallest absolute Gasteiger partial charge is 0.172 e. The molecule has 0 aliphatic carbocycles. The fraction of sp³-hybridized carbons (Fsp3) is 0.176. The molecule has 0 saturated carbocycles. The highest BCUT2D eigenvalue weighted by molar-refractivity contribution is 7.12. The van der Waals surface area contributed by atoms with Crippen LogP contribution in [0.5, 0.6) is 5.75 Å². The number of benzene rings is 1. The normalized spacial score (nSPS) is 10.7. The summed E-state index contributed by atoms with van der Waals surface area (Å²) in [5, 5.41) is 2.98. The molecule has 0 fully saturated rings. The average molecular weight is 297 g/mol. The van der Waals surface area contributed by atoms with Crippen molar-refractivity contribution in [3.05, 3.63) is 58.9 Å². The van der Waals surface area contributed by atoms with Crippen molar-refractivity contribution >= 4 is 28.0 Å². The molecule has 2 heterocycles. The number of ketones is 1. The van der Waals surface area contributed by atoms with E-state index in [-0.39, 0.29) is 5.78 Å². The van der Waals surface area contributed by atoms with Crippen LogP contribution in [0.25, 0.3) is 10.9 Å². The molecular weight excluding hydrogens is 282 g/mol. The minimum Gasteiger partial charge on any atom is -0.491 e. The van der Waals surface area contributed by atoms with Gasteiger partial charge in [-0.15, -0.1) is 11.3 Å². The van der Waals surface area contributed by atoms with Crippen molar-refractivity contribution in [2.75, 3.05) is 6.61 Å². The Labute approximate surface area is 127 Å². The molecule has 0 aliphatic rings. The van der Waals surface area contributed by atoms with E-state index in [4.69, 9.17) is 4.74 Å². The zero-order valence-corrected chi connectivity index (χ0v) is 12.3. The zero-order valence-electron chi connectivity index (χ0n) is 11.5. The molecule has 21 heavy (non-hydrogen) atoms. The molecule has 0 N–H and O–H groups in total. The molecule has 4 heteroatoms. The fourth-order valence-corrected chi connectivity index (χ4v) is 2.86. The number of Topliss-reactive ketones (excluding diaryl/α,β-unsaturated/α-hetero) is 1. The first-order valence-electron chi connectivity index (χ1n) is 6.88. The Morgan fingerprint density at radius 3 is 2.90 bits per heavy atom. The van der Waals surface area contributed by atoms with Gasteiger partial charge in [-0.1, -0.05) is 24.3 Å². The summed E-state index contributed by atoms with van der Waals surface area (Å²) in [6.07, 6.45) is 2.98. The second kappa shape index (κ2) is 6.50. The molecule has 0 aliphatic heterocycles. The summed E-state index contributed by atoms with van der Waals surface area (Å²) in [6, 6.07) is 13.6. The number of nitrogens with zero attached hydrogens (tertiary/aromatic N) is 1. The second-order valence-corrected chi connectivity index (χ2v) is 5.63. The highest BCUT2D eigenvalue weighted by Gasteiger charge is 2.07. The fourth-order valence-electron chi connectivity index (χ4n) is 2.17. The van der Waals surface area contributed by atoms with Crippen molar-refractivity contribution in [3.8, 4) is 5.75 Å². The lowest BCUT2D eigenvalue weighted by Crippen LogP contribution is -2.03. The summed E-state index contributed by atoms with van der Waals surface area (Å²) in [5.74, 6) is 0.960. The maximum absolute atomic E-state index is 11.9. The van der Waals surface area contributed by atoms with Gasteiger partial charge in [0.05, 0.1) is 11.5 Å². The zero-order chi connectivity index (χ0) is 14.5. The number of hydrogen-bond donors (Lipinski definition) is 0. The first kappa shape index (κ1) is 13.8. The highest BCUT2D eigenvalue weighted by atomic mass is 32.1. The third-order valence-electron chi connectivity index (χ3n) is 3.20.